The van der Waals surface area contributed by atoms with Crippen LogP contribution in [-0.4, -0.2) is 31.1 Å². The molecule has 6 nitrogen and oxygen atoms in total. The van der Waals surface area contributed by atoms with E-state index in [1.54, 1.807) is 38.1 Å². The largest absolute Gasteiger partial charge is 0.573 e. The fourth-order valence-corrected chi connectivity index (χ4v) is 2.33. The summed E-state index contributed by atoms with van der Waals surface area (Å²) >= 11 is 0. The number of aliphatic imine (C=N–C) groups is 1. The van der Waals surface area contributed by atoms with Crippen LogP contribution >= 0.6 is 0 Å². The number of hydrogen-bond donors (Lipinski definition) is 2. The number of amidine groups is 1. The lowest BCUT2D eigenvalue weighted by molar-refractivity contribution is -0.274. The summed E-state index contributed by atoms with van der Waals surface area (Å²) in [7, 11) is 0. The maximum absolute atomic E-state index is 12.1. The van der Waals surface area contributed by atoms with Gasteiger partial charge in [0.25, 0.3) is 0 Å². The zero-order valence-electron chi connectivity index (χ0n) is 16.3. The van der Waals surface area contributed by atoms with Gasteiger partial charge in [-0.3, -0.25) is 5.41 Å². The van der Waals surface area contributed by atoms with Gasteiger partial charge >= 0.3 is 12.3 Å². The molecule has 2 rings (SSSR count). The van der Waals surface area contributed by atoms with Crippen LogP contribution in [-0.2, 0) is 9.53 Å². The van der Waals surface area contributed by atoms with Gasteiger partial charge in [-0.1, -0.05) is 24.3 Å². The number of alkyl halides is 3. The van der Waals surface area contributed by atoms with E-state index >= 15 is 0 Å². The quantitative estimate of drug-likeness (QED) is 0.286. The third-order valence-corrected chi connectivity index (χ3v) is 3.75. The van der Waals surface area contributed by atoms with E-state index in [-0.39, 0.29) is 11.6 Å². The van der Waals surface area contributed by atoms with E-state index in [9.17, 15) is 18.0 Å². The molecule has 0 fully saturated rings. The monoisotopic (exact) mass is 419 g/mol. The Hall–Kier alpha value is -3.62. The molecule has 0 unspecified atom stereocenters. The number of carbonyl (C=O) groups excluding carboxylic acids is 1. The zero-order chi connectivity index (χ0) is 22.1. The Balaban J connectivity index is 1.94. The molecule has 0 bridgehead atoms. The Morgan fingerprint density at radius 3 is 2.27 bits per heavy atom. The van der Waals surface area contributed by atoms with Gasteiger partial charge in [0.05, 0.1) is 12.9 Å². The molecule has 2 N–H and O–H groups in total. The summed E-state index contributed by atoms with van der Waals surface area (Å²) < 4.78 is 45.1. The SMILES string of the molecule is CCOC(=O)/C=C(\C)c1ccc(C(=N)/N=C\Nc2ccc(OC(F)(F)F)cc2)cc1. The molecule has 0 aliphatic heterocycles. The molecular weight excluding hydrogens is 399 g/mol. The summed E-state index contributed by atoms with van der Waals surface area (Å²) in [6.45, 7) is 3.81. The second kappa shape index (κ2) is 10.2. The lowest BCUT2D eigenvalue weighted by Gasteiger charge is -2.09. The average molecular weight is 419 g/mol. The molecule has 2 aromatic carbocycles. The number of carbonyl (C=O) groups is 1. The van der Waals surface area contributed by atoms with Gasteiger partial charge in [0.15, 0.2) is 5.84 Å². The number of halogens is 3. The second-order valence-corrected chi connectivity index (χ2v) is 5.98. The normalized spacial score (nSPS) is 12.0. The van der Waals surface area contributed by atoms with Crippen LogP contribution in [0.1, 0.15) is 25.0 Å². The molecule has 0 saturated heterocycles. The van der Waals surface area contributed by atoms with Crippen molar-refractivity contribution in [2.24, 2.45) is 4.99 Å². The summed E-state index contributed by atoms with van der Waals surface area (Å²) in [6, 6.07) is 12.0. The van der Waals surface area contributed by atoms with Gasteiger partial charge < -0.3 is 14.8 Å². The number of esters is 1. The third-order valence-electron chi connectivity index (χ3n) is 3.75. The Kier molecular flexibility index (Phi) is 7.74. The fourth-order valence-electron chi connectivity index (χ4n) is 2.33. The number of allylic oxidation sites excluding steroid dienone is 1. The summed E-state index contributed by atoms with van der Waals surface area (Å²) in [6.07, 6.45) is -2.08. The van der Waals surface area contributed by atoms with Crippen LogP contribution in [0.3, 0.4) is 0 Å². The highest BCUT2D eigenvalue weighted by Crippen LogP contribution is 2.23. The first-order valence-electron chi connectivity index (χ1n) is 8.87. The summed E-state index contributed by atoms with van der Waals surface area (Å²) in [5, 5.41) is 10.8. The predicted molar refractivity (Wildman–Crippen MR) is 109 cm³/mol. The number of ether oxygens (including phenoxy) is 2. The van der Waals surface area contributed by atoms with Crippen LogP contribution in [0.25, 0.3) is 5.57 Å². The minimum atomic E-state index is -4.74. The molecule has 0 heterocycles. The number of nitrogens with one attached hydrogen (secondary N) is 2. The second-order valence-electron chi connectivity index (χ2n) is 5.98. The van der Waals surface area contributed by atoms with Gasteiger partial charge in [-0.05, 0) is 49.2 Å². The van der Waals surface area contributed by atoms with E-state index in [1.165, 1.54) is 36.7 Å². The number of benzene rings is 2. The van der Waals surface area contributed by atoms with Crippen molar-refractivity contribution in [3.05, 3.63) is 65.7 Å². The van der Waals surface area contributed by atoms with Crippen LogP contribution in [0.2, 0.25) is 0 Å². The molecular formula is C21H20F3N3O3. The summed E-state index contributed by atoms with van der Waals surface area (Å²) in [5.74, 6) is -0.760. The lowest BCUT2D eigenvalue weighted by atomic mass is 10.0. The van der Waals surface area contributed by atoms with Crippen molar-refractivity contribution in [2.45, 2.75) is 20.2 Å². The van der Waals surface area contributed by atoms with E-state index in [2.05, 4.69) is 15.0 Å². The van der Waals surface area contributed by atoms with Gasteiger partial charge in [-0.15, -0.1) is 13.2 Å². The molecule has 0 atom stereocenters. The van der Waals surface area contributed by atoms with Crippen molar-refractivity contribution in [1.29, 1.82) is 5.41 Å². The summed E-state index contributed by atoms with van der Waals surface area (Å²) in [4.78, 5) is 15.5. The summed E-state index contributed by atoms with van der Waals surface area (Å²) in [5.41, 5.74) is 2.57. The first kappa shape index (κ1) is 22.7. The Morgan fingerprint density at radius 1 is 1.10 bits per heavy atom. The van der Waals surface area contributed by atoms with E-state index in [1.807, 2.05) is 0 Å². The molecule has 0 aromatic heterocycles. The van der Waals surface area contributed by atoms with Crippen LogP contribution in [0.4, 0.5) is 18.9 Å². The molecule has 0 aliphatic rings. The highest BCUT2D eigenvalue weighted by atomic mass is 19.4. The van der Waals surface area contributed by atoms with E-state index in [0.29, 0.717) is 17.9 Å². The minimum Gasteiger partial charge on any atom is -0.463 e. The van der Waals surface area contributed by atoms with Crippen LogP contribution in [0.5, 0.6) is 5.75 Å². The van der Waals surface area contributed by atoms with Gasteiger partial charge in [0, 0.05) is 17.3 Å². The molecule has 0 spiro atoms. The first-order valence-corrected chi connectivity index (χ1v) is 8.87. The maximum atomic E-state index is 12.1. The van der Waals surface area contributed by atoms with Crippen molar-refractivity contribution in [3.8, 4) is 5.75 Å². The first-order chi connectivity index (χ1) is 14.2. The average Bonchev–Trinajstić information content (AvgIpc) is 2.68. The van der Waals surface area contributed by atoms with E-state index < -0.39 is 12.3 Å². The predicted octanol–water partition coefficient (Wildman–Crippen LogP) is 5.02. The minimum absolute atomic E-state index is 0.0156. The van der Waals surface area contributed by atoms with Crippen molar-refractivity contribution in [3.63, 3.8) is 0 Å². The standard InChI is InChI=1S/C21H20F3N3O3/c1-3-29-19(28)12-14(2)15-4-6-16(7-5-15)20(25)27-13-26-17-8-10-18(11-9-17)30-21(22,23)24/h4-13H,3H2,1-2H3,(H2,25,26,27)/b14-12+. The van der Waals surface area contributed by atoms with E-state index in [4.69, 9.17) is 10.1 Å². The Labute approximate surface area is 171 Å². The van der Waals surface area contributed by atoms with Crippen molar-refractivity contribution < 1.29 is 27.4 Å². The number of rotatable bonds is 7. The van der Waals surface area contributed by atoms with Crippen molar-refractivity contribution in [2.75, 3.05) is 11.9 Å². The molecule has 158 valence electrons. The zero-order valence-corrected chi connectivity index (χ0v) is 16.3. The Morgan fingerprint density at radius 2 is 1.70 bits per heavy atom. The number of anilines is 1. The molecule has 0 amide bonds. The molecule has 0 saturated carbocycles. The molecule has 2 aromatic rings. The van der Waals surface area contributed by atoms with Gasteiger partial charge in [-0.2, -0.15) is 0 Å². The Bertz CT molecular complexity index is 935. The highest BCUT2D eigenvalue weighted by Gasteiger charge is 2.30. The van der Waals surface area contributed by atoms with Gasteiger partial charge in [-0.25, -0.2) is 9.79 Å². The number of nitrogens with zero attached hydrogens (tertiary/aromatic N) is 1. The molecule has 30 heavy (non-hydrogen) atoms. The third kappa shape index (κ3) is 7.42. The van der Waals surface area contributed by atoms with Crippen molar-refractivity contribution in [1.82, 2.24) is 0 Å². The van der Waals surface area contributed by atoms with Crippen molar-refractivity contribution >= 4 is 29.4 Å². The van der Waals surface area contributed by atoms with Gasteiger partial charge in [0.1, 0.15) is 5.75 Å². The van der Waals surface area contributed by atoms with Crippen LogP contribution in [0.15, 0.2) is 59.6 Å². The highest BCUT2D eigenvalue weighted by molar-refractivity contribution is 6.02. The van der Waals surface area contributed by atoms with E-state index in [0.717, 1.165) is 11.1 Å². The fraction of sp³-hybridized carbons (Fsp3) is 0.190. The smallest absolute Gasteiger partial charge is 0.463 e. The topological polar surface area (TPSA) is 83.8 Å². The molecule has 0 aliphatic carbocycles. The van der Waals surface area contributed by atoms with Crippen LogP contribution in [0, 0.1) is 5.41 Å². The van der Waals surface area contributed by atoms with Crippen LogP contribution < -0.4 is 10.1 Å². The molecule has 0 radical (unpaired) electrons. The maximum Gasteiger partial charge on any atom is 0.573 e. The molecule has 9 heteroatoms. The van der Waals surface area contributed by atoms with Gasteiger partial charge in [0.2, 0.25) is 0 Å². The number of hydrogen-bond acceptors (Lipinski definition) is 4. The lowest BCUT2D eigenvalue weighted by Crippen LogP contribution is -2.17.